The van der Waals surface area contributed by atoms with Crippen LogP contribution in [-0.4, -0.2) is 47.1 Å². The quantitative estimate of drug-likeness (QED) is 0.152. The molecule has 0 bridgehead atoms. The number of fused-ring (bicyclic) bond motifs is 1. The van der Waals surface area contributed by atoms with Crippen molar-refractivity contribution in [3.8, 4) is 5.75 Å². The van der Waals surface area contributed by atoms with E-state index in [2.05, 4.69) is 9.98 Å². The molecule has 0 atom stereocenters. The number of hydrogen-bond donors (Lipinski definition) is 2. The van der Waals surface area contributed by atoms with Crippen molar-refractivity contribution in [1.29, 1.82) is 0 Å². The lowest BCUT2D eigenvalue weighted by Gasteiger charge is -2.16. The summed E-state index contributed by atoms with van der Waals surface area (Å²) in [5.41, 5.74) is 13.7. The third-order valence-corrected chi connectivity index (χ3v) is 5.53. The van der Waals surface area contributed by atoms with Gasteiger partial charge >= 0.3 is 18.3 Å². The first-order valence-corrected chi connectivity index (χ1v) is 11.7. The number of rotatable bonds is 6. The van der Waals surface area contributed by atoms with Gasteiger partial charge in [-0.05, 0) is 70.9 Å². The van der Waals surface area contributed by atoms with Crippen molar-refractivity contribution in [2.45, 2.75) is 14.0 Å². The maximum absolute atomic E-state index is 12.7. The topological polar surface area (TPSA) is 192 Å². The van der Waals surface area contributed by atoms with Crippen molar-refractivity contribution in [1.82, 2.24) is 9.88 Å². The van der Waals surface area contributed by atoms with Crippen LogP contribution in [0.1, 0.15) is 33.8 Å². The van der Waals surface area contributed by atoms with E-state index in [1.54, 1.807) is 77.9 Å². The highest BCUT2D eigenvalue weighted by molar-refractivity contribution is 7.07. The zero-order valence-electron chi connectivity index (χ0n) is 20.4. The zero-order valence-corrected chi connectivity index (χ0v) is 21.2. The second-order valence-corrected chi connectivity index (χ2v) is 8.26. The van der Waals surface area contributed by atoms with E-state index in [0.29, 0.717) is 34.8 Å². The molecule has 0 spiro atoms. The highest BCUT2D eigenvalue weighted by Crippen LogP contribution is 2.22. The Morgan fingerprint density at radius 2 is 1.62 bits per heavy atom. The van der Waals surface area contributed by atoms with Gasteiger partial charge < -0.3 is 21.1 Å². The summed E-state index contributed by atoms with van der Waals surface area (Å²) >= 11 is 1.59. The summed E-state index contributed by atoms with van der Waals surface area (Å²) in [5, 5.41) is 4.74. The molecule has 4 N–H and O–H groups in total. The largest absolute Gasteiger partial charge is 0.423 e. The molecule has 4 rings (SSSR count). The van der Waals surface area contributed by atoms with E-state index in [1.165, 1.54) is 0 Å². The molecule has 0 aliphatic carbocycles. The van der Waals surface area contributed by atoms with Crippen LogP contribution in [0.3, 0.4) is 0 Å². The first kappa shape index (κ1) is 32.5. The van der Waals surface area contributed by atoms with Crippen LogP contribution < -0.4 is 16.2 Å². The van der Waals surface area contributed by atoms with E-state index >= 15 is 0 Å². The summed E-state index contributed by atoms with van der Waals surface area (Å²) in [7, 11) is 1.75. The highest BCUT2D eigenvalue weighted by atomic mass is 32.1. The van der Waals surface area contributed by atoms with Crippen molar-refractivity contribution >= 4 is 58.1 Å². The van der Waals surface area contributed by atoms with Crippen molar-refractivity contribution in [3.05, 3.63) is 88.2 Å². The van der Waals surface area contributed by atoms with Crippen LogP contribution in [0, 0.1) is 0 Å². The molecule has 2 aromatic heterocycles. The summed E-state index contributed by atoms with van der Waals surface area (Å²) in [6.45, 7) is 0.518. The minimum Gasteiger partial charge on any atom is -0.423 e. The molecule has 12 nitrogen and oxygen atoms in total. The number of amides is 1. The molecule has 4 aromatic rings. The molecule has 40 heavy (non-hydrogen) atoms. The van der Waals surface area contributed by atoms with Gasteiger partial charge in [0.1, 0.15) is 11.4 Å². The third-order valence-electron chi connectivity index (χ3n) is 4.80. The molecule has 1 amide bonds. The van der Waals surface area contributed by atoms with Crippen LogP contribution in [0.5, 0.6) is 5.75 Å². The number of aromatic nitrogens is 1. The summed E-state index contributed by atoms with van der Waals surface area (Å²) in [6.07, 6.45) is 0.500. The van der Waals surface area contributed by atoms with E-state index in [9.17, 15) is 9.59 Å². The van der Waals surface area contributed by atoms with Gasteiger partial charge in [-0.1, -0.05) is 13.5 Å². The minimum atomic E-state index is -0.514. The lowest BCUT2D eigenvalue weighted by Crippen LogP contribution is -2.26. The van der Waals surface area contributed by atoms with E-state index in [-0.39, 0.29) is 31.6 Å². The molecule has 0 aliphatic rings. The zero-order chi connectivity index (χ0) is 28.8. The van der Waals surface area contributed by atoms with Gasteiger partial charge in [0.25, 0.3) is 5.91 Å². The van der Waals surface area contributed by atoms with Gasteiger partial charge in [0.15, 0.2) is 5.96 Å². The molecule has 2 aromatic carbocycles. The standard InChI is InChI=1S/C24H21N5O3S.2CO2.CH4/c1-29(13-15-10-11-33-14-15)22(30)21-8-4-17-12-19(7-9-20(17)28-21)32-23(31)16-2-5-18(6-3-16)27-24(25)26;2*2-1-3;/h2-12,14H,13H2,1H3,(H4,25,26,27);;;1H4. The second-order valence-electron chi connectivity index (χ2n) is 7.48. The molecule has 0 aliphatic heterocycles. The fourth-order valence-electron chi connectivity index (χ4n) is 3.20. The fourth-order valence-corrected chi connectivity index (χ4v) is 3.86. The van der Waals surface area contributed by atoms with Crippen molar-refractivity contribution < 1.29 is 33.5 Å². The van der Waals surface area contributed by atoms with E-state index < -0.39 is 5.97 Å². The average molecular weight is 564 g/mol. The molecule has 2 heterocycles. The smallest absolute Gasteiger partial charge is 0.373 e. The Bertz CT molecular complexity index is 1510. The van der Waals surface area contributed by atoms with Crippen molar-refractivity contribution in [2.75, 3.05) is 7.05 Å². The number of carbonyl (C=O) groups is 2. The molecular weight excluding hydrogens is 538 g/mol. The molecule has 0 radical (unpaired) electrons. The number of hydrogen-bond acceptors (Lipinski definition) is 10. The number of esters is 1. The van der Waals surface area contributed by atoms with Crippen LogP contribution in [0.15, 0.2) is 76.4 Å². The minimum absolute atomic E-state index is 0. The van der Waals surface area contributed by atoms with Gasteiger partial charge in [-0.25, -0.2) is 14.8 Å². The number of ether oxygens (including phenoxy) is 1. The molecular formula is C27H25N5O7S. The monoisotopic (exact) mass is 563 g/mol. The van der Waals surface area contributed by atoms with Gasteiger partial charge in [0, 0.05) is 19.0 Å². The Kier molecular flexibility index (Phi) is 13.3. The molecule has 13 heteroatoms. The predicted molar refractivity (Wildman–Crippen MR) is 145 cm³/mol. The average Bonchev–Trinajstić information content (AvgIpc) is 3.42. The Morgan fingerprint density at radius 1 is 0.975 bits per heavy atom. The fraction of sp³-hybridized carbons (Fsp3) is 0.111. The number of nitrogens with zero attached hydrogens (tertiary/aromatic N) is 3. The number of guanidine groups is 1. The van der Waals surface area contributed by atoms with Crippen LogP contribution in [-0.2, 0) is 25.7 Å². The second kappa shape index (κ2) is 16.4. The number of aliphatic imine (C=N–C) groups is 1. The Hall–Kier alpha value is -5.48. The van der Waals surface area contributed by atoms with Crippen LogP contribution >= 0.6 is 11.3 Å². The number of nitrogens with two attached hydrogens (primary N) is 2. The van der Waals surface area contributed by atoms with E-state index in [4.69, 9.17) is 35.4 Å². The first-order chi connectivity index (χ1) is 18.7. The maximum Gasteiger partial charge on any atom is 0.373 e. The number of benzene rings is 2. The lowest BCUT2D eigenvalue weighted by atomic mass is 10.1. The summed E-state index contributed by atoms with van der Waals surface area (Å²) in [4.78, 5) is 67.7. The van der Waals surface area contributed by atoms with Crippen LogP contribution in [0.25, 0.3) is 10.9 Å². The third kappa shape index (κ3) is 9.77. The molecule has 0 saturated carbocycles. The Morgan fingerprint density at radius 3 is 2.20 bits per heavy atom. The van der Waals surface area contributed by atoms with E-state index in [0.717, 1.165) is 10.9 Å². The van der Waals surface area contributed by atoms with Crippen LogP contribution in [0.2, 0.25) is 0 Å². The van der Waals surface area contributed by atoms with Crippen molar-refractivity contribution in [3.63, 3.8) is 0 Å². The summed E-state index contributed by atoms with van der Waals surface area (Å²) in [6, 6.07) is 16.9. The lowest BCUT2D eigenvalue weighted by molar-refractivity contribution is -0.193. The maximum atomic E-state index is 12.7. The normalized spacial score (nSPS) is 9.12. The SMILES string of the molecule is C.CN(Cc1ccsc1)C(=O)c1ccc2cc(OC(=O)c3ccc(N=C(N)N)cc3)ccc2n1.O=C=O.O=C=O. The van der Waals surface area contributed by atoms with Gasteiger partial charge in [-0.15, -0.1) is 0 Å². The Balaban J connectivity index is 0.00000105. The number of pyridine rings is 1. The molecule has 206 valence electrons. The summed E-state index contributed by atoms with van der Waals surface area (Å²) in [5.74, 6) is -0.367. The van der Waals surface area contributed by atoms with Crippen LogP contribution in [0.4, 0.5) is 5.69 Å². The first-order valence-electron chi connectivity index (χ1n) is 10.8. The number of thiophene rings is 1. The highest BCUT2D eigenvalue weighted by Gasteiger charge is 2.15. The molecule has 0 unspecified atom stereocenters. The molecule has 0 fully saturated rings. The van der Waals surface area contributed by atoms with Gasteiger partial charge in [0.05, 0.1) is 16.8 Å². The van der Waals surface area contributed by atoms with E-state index in [1.807, 2.05) is 16.8 Å². The summed E-state index contributed by atoms with van der Waals surface area (Å²) < 4.78 is 5.48. The van der Waals surface area contributed by atoms with Crippen molar-refractivity contribution in [2.24, 2.45) is 16.5 Å². The van der Waals surface area contributed by atoms with Gasteiger partial charge in [-0.2, -0.15) is 30.5 Å². The Labute approximate surface area is 232 Å². The van der Waals surface area contributed by atoms with Gasteiger partial charge in [0.2, 0.25) is 0 Å². The van der Waals surface area contributed by atoms with Gasteiger partial charge in [-0.3, -0.25) is 4.79 Å². The predicted octanol–water partition coefficient (Wildman–Crippen LogP) is 3.16. The number of carbonyl (C=O) groups excluding carboxylic acids is 6. The molecule has 0 saturated heterocycles.